The third-order valence-corrected chi connectivity index (χ3v) is 4.40. The maximum absolute atomic E-state index is 13.2. The van der Waals surface area contributed by atoms with E-state index in [1.165, 1.54) is 17.1 Å². The zero-order valence-corrected chi connectivity index (χ0v) is 14.7. The van der Waals surface area contributed by atoms with Gasteiger partial charge < -0.3 is 10.6 Å². The van der Waals surface area contributed by atoms with Crippen molar-refractivity contribution < 1.29 is 9.18 Å². The molecule has 0 unspecified atom stereocenters. The molecular formula is C21H19FN4O. The van der Waals surface area contributed by atoms with Crippen LogP contribution in [0.25, 0.3) is 0 Å². The summed E-state index contributed by atoms with van der Waals surface area (Å²) in [7, 11) is 0. The lowest BCUT2D eigenvalue weighted by Crippen LogP contribution is -2.38. The van der Waals surface area contributed by atoms with Crippen molar-refractivity contribution in [3.8, 4) is 0 Å². The molecule has 0 aromatic heterocycles. The largest absolute Gasteiger partial charge is 0.379 e. The minimum atomic E-state index is -0.291. The van der Waals surface area contributed by atoms with Gasteiger partial charge in [-0.1, -0.05) is 30.3 Å². The fourth-order valence-corrected chi connectivity index (χ4v) is 3.03. The molecule has 2 aliphatic heterocycles. The first-order valence-corrected chi connectivity index (χ1v) is 8.83. The third-order valence-electron chi connectivity index (χ3n) is 4.40. The third kappa shape index (κ3) is 3.89. The van der Waals surface area contributed by atoms with Crippen molar-refractivity contribution in [2.45, 2.75) is 12.8 Å². The monoisotopic (exact) mass is 362 g/mol. The number of hydrogen-bond acceptors (Lipinski definition) is 4. The highest BCUT2D eigenvalue weighted by atomic mass is 19.1. The van der Waals surface area contributed by atoms with Gasteiger partial charge >= 0.3 is 0 Å². The molecule has 27 heavy (non-hydrogen) atoms. The molecule has 4 rings (SSSR count). The number of anilines is 1. The van der Waals surface area contributed by atoms with Crippen LogP contribution < -0.4 is 10.6 Å². The molecule has 2 N–H and O–H groups in total. The number of halogens is 1. The molecular weight excluding hydrogens is 343 g/mol. The van der Waals surface area contributed by atoms with E-state index in [1.54, 1.807) is 18.2 Å². The Bertz CT molecular complexity index is 932. The van der Waals surface area contributed by atoms with E-state index in [0.29, 0.717) is 18.8 Å². The fraction of sp³-hybridized carbons (Fsp3) is 0.143. The van der Waals surface area contributed by atoms with Gasteiger partial charge in [-0.25, -0.2) is 4.39 Å². The van der Waals surface area contributed by atoms with Crippen LogP contribution in [0.4, 0.5) is 10.1 Å². The first kappa shape index (κ1) is 17.0. The van der Waals surface area contributed by atoms with Crippen molar-refractivity contribution in [2.24, 2.45) is 5.10 Å². The number of amides is 1. The Labute approximate surface area is 156 Å². The average Bonchev–Trinajstić information content (AvgIpc) is 2.91. The van der Waals surface area contributed by atoms with Gasteiger partial charge in [0.15, 0.2) is 0 Å². The van der Waals surface area contributed by atoms with Crippen LogP contribution >= 0.6 is 0 Å². The summed E-state index contributed by atoms with van der Waals surface area (Å²) in [6, 6.07) is 16.0. The normalized spacial score (nSPS) is 16.4. The SMILES string of the molecule is O=C1C=C(CNc2ccccc2)NC2=CCCC(c3ccc(F)cc3)=NN12. The summed E-state index contributed by atoms with van der Waals surface area (Å²) in [4.78, 5) is 12.6. The molecule has 2 heterocycles. The highest BCUT2D eigenvalue weighted by Crippen LogP contribution is 2.21. The van der Waals surface area contributed by atoms with Gasteiger partial charge in [0.05, 0.1) is 12.3 Å². The molecule has 2 aromatic rings. The van der Waals surface area contributed by atoms with Crippen LogP contribution in [-0.2, 0) is 4.79 Å². The summed E-state index contributed by atoms with van der Waals surface area (Å²) >= 11 is 0. The van der Waals surface area contributed by atoms with Crippen LogP contribution in [0.1, 0.15) is 18.4 Å². The lowest BCUT2D eigenvalue weighted by Gasteiger charge is -2.26. The lowest BCUT2D eigenvalue weighted by atomic mass is 10.1. The molecule has 5 nitrogen and oxygen atoms in total. The number of nitrogens with zero attached hydrogens (tertiary/aromatic N) is 2. The van der Waals surface area contributed by atoms with E-state index in [-0.39, 0.29) is 11.7 Å². The summed E-state index contributed by atoms with van der Waals surface area (Å²) in [5.74, 6) is 0.164. The van der Waals surface area contributed by atoms with E-state index in [0.717, 1.165) is 29.1 Å². The summed E-state index contributed by atoms with van der Waals surface area (Å²) in [6.45, 7) is 0.509. The molecule has 0 fully saturated rings. The van der Waals surface area contributed by atoms with Gasteiger partial charge in [0.2, 0.25) is 0 Å². The van der Waals surface area contributed by atoms with Crippen LogP contribution in [0.5, 0.6) is 0 Å². The molecule has 0 saturated heterocycles. The number of allylic oxidation sites excluding steroid dienone is 1. The summed E-state index contributed by atoms with van der Waals surface area (Å²) in [5, 5.41) is 12.4. The van der Waals surface area contributed by atoms with Gasteiger partial charge in [-0.3, -0.25) is 4.79 Å². The Hall–Kier alpha value is -3.41. The molecule has 6 heteroatoms. The molecule has 0 aliphatic carbocycles. The molecule has 0 atom stereocenters. The van der Waals surface area contributed by atoms with Crippen LogP contribution in [0.15, 0.2) is 83.4 Å². The molecule has 1 amide bonds. The highest BCUT2D eigenvalue weighted by molar-refractivity contribution is 6.02. The number of fused-ring (bicyclic) bond motifs is 1. The maximum Gasteiger partial charge on any atom is 0.274 e. The first-order valence-electron chi connectivity index (χ1n) is 8.83. The highest BCUT2D eigenvalue weighted by Gasteiger charge is 2.25. The second kappa shape index (κ2) is 7.45. The quantitative estimate of drug-likeness (QED) is 0.874. The molecule has 2 aliphatic rings. The second-order valence-electron chi connectivity index (χ2n) is 6.35. The van der Waals surface area contributed by atoms with Gasteiger partial charge in [0, 0.05) is 17.5 Å². The molecule has 0 saturated carbocycles. The molecule has 0 spiro atoms. The second-order valence-corrected chi connectivity index (χ2v) is 6.35. The molecule has 2 aromatic carbocycles. The maximum atomic E-state index is 13.2. The summed E-state index contributed by atoms with van der Waals surface area (Å²) < 4.78 is 13.2. The van der Waals surface area contributed by atoms with E-state index in [4.69, 9.17) is 0 Å². The van der Waals surface area contributed by atoms with Crippen molar-refractivity contribution in [3.63, 3.8) is 0 Å². The predicted octanol–water partition coefficient (Wildman–Crippen LogP) is 3.59. The van der Waals surface area contributed by atoms with Crippen molar-refractivity contribution in [2.75, 3.05) is 11.9 Å². The van der Waals surface area contributed by atoms with Gasteiger partial charge in [-0.2, -0.15) is 10.1 Å². The number of benzene rings is 2. The summed E-state index contributed by atoms with van der Waals surface area (Å²) in [5.41, 5.74) is 3.35. The van der Waals surface area contributed by atoms with Crippen LogP contribution in [-0.4, -0.2) is 23.2 Å². The lowest BCUT2D eigenvalue weighted by molar-refractivity contribution is -0.125. The first-order chi connectivity index (χ1) is 13.2. The topological polar surface area (TPSA) is 56.7 Å². The number of carbonyl (C=O) groups is 1. The minimum Gasteiger partial charge on any atom is -0.379 e. The summed E-state index contributed by atoms with van der Waals surface area (Å²) in [6.07, 6.45) is 4.93. The molecule has 0 radical (unpaired) electrons. The number of para-hydroxylation sites is 1. The van der Waals surface area contributed by atoms with E-state index in [9.17, 15) is 9.18 Å². The van der Waals surface area contributed by atoms with E-state index >= 15 is 0 Å². The standard InChI is InChI=1S/C21H19FN4O/c22-16-11-9-15(10-12-16)19-7-4-8-20-24-18(13-21(27)26(20)25-19)14-23-17-5-2-1-3-6-17/h1-3,5-6,8-13,23-24H,4,7,14H2. The van der Waals surface area contributed by atoms with Gasteiger partial charge in [-0.05, 0) is 48.7 Å². The molecule has 0 bridgehead atoms. The van der Waals surface area contributed by atoms with Crippen molar-refractivity contribution in [1.82, 2.24) is 10.3 Å². The van der Waals surface area contributed by atoms with Crippen LogP contribution in [0.3, 0.4) is 0 Å². The fourth-order valence-electron chi connectivity index (χ4n) is 3.03. The smallest absolute Gasteiger partial charge is 0.274 e. The Morgan fingerprint density at radius 3 is 2.67 bits per heavy atom. The number of carbonyl (C=O) groups excluding carboxylic acids is 1. The Morgan fingerprint density at radius 2 is 1.89 bits per heavy atom. The minimum absolute atomic E-state index is 0.202. The zero-order chi connectivity index (χ0) is 18.6. The number of nitrogens with one attached hydrogen (secondary N) is 2. The molecule has 136 valence electrons. The Kier molecular flexibility index (Phi) is 4.70. The Balaban J connectivity index is 1.52. The van der Waals surface area contributed by atoms with E-state index < -0.39 is 0 Å². The van der Waals surface area contributed by atoms with Crippen LogP contribution in [0, 0.1) is 5.82 Å². The van der Waals surface area contributed by atoms with Gasteiger partial charge in [-0.15, -0.1) is 0 Å². The van der Waals surface area contributed by atoms with E-state index in [1.807, 2.05) is 36.4 Å². The number of hydrogen-bond donors (Lipinski definition) is 2. The van der Waals surface area contributed by atoms with Crippen molar-refractivity contribution in [1.29, 1.82) is 0 Å². The average molecular weight is 362 g/mol. The zero-order valence-electron chi connectivity index (χ0n) is 14.7. The predicted molar refractivity (Wildman–Crippen MR) is 103 cm³/mol. The number of rotatable bonds is 4. The Morgan fingerprint density at radius 1 is 1.11 bits per heavy atom. The van der Waals surface area contributed by atoms with E-state index in [2.05, 4.69) is 15.7 Å². The number of hydrazone groups is 1. The van der Waals surface area contributed by atoms with Gasteiger partial charge in [0.25, 0.3) is 5.91 Å². The van der Waals surface area contributed by atoms with Crippen molar-refractivity contribution >= 4 is 17.3 Å². The van der Waals surface area contributed by atoms with Crippen LogP contribution in [0.2, 0.25) is 0 Å². The van der Waals surface area contributed by atoms with Crippen molar-refractivity contribution in [3.05, 3.63) is 89.6 Å². The van der Waals surface area contributed by atoms with Gasteiger partial charge in [0.1, 0.15) is 11.6 Å².